The molecule has 0 fully saturated rings. The van der Waals surface area contributed by atoms with Crippen molar-refractivity contribution in [1.82, 2.24) is 15.1 Å². The first-order valence-corrected chi connectivity index (χ1v) is 13.6. The number of nitrogens with one attached hydrogen (secondary N) is 2. The highest BCUT2D eigenvalue weighted by atomic mass is 32.2. The summed E-state index contributed by atoms with van der Waals surface area (Å²) >= 11 is 1.52. The molecule has 224 valence electrons. The number of anilines is 1. The van der Waals surface area contributed by atoms with Crippen molar-refractivity contribution in [1.29, 1.82) is 0 Å². The van der Waals surface area contributed by atoms with E-state index in [4.69, 9.17) is 0 Å². The topological polar surface area (TPSA) is 93.1 Å². The molecular weight excluding hydrogens is 586 g/mol. The van der Waals surface area contributed by atoms with Gasteiger partial charge in [-0.15, -0.1) is 6.58 Å². The van der Waals surface area contributed by atoms with E-state index < -0.39 is 41.2 Å². The maximum Gasteiger partial charge on any atom is 0.455 e. The number of rotatable bonds is 10. The zero-order valence-corrected chi connectivity index (χ0v) is 23.4. The average Bonchev–Trinajstić information content (AvgIpc) is 3.32. The number of aromatic nitrogens is 2. The predicted molar refractivity (Wildman–Crippen MR) is 147 cm³/mol. The molecule has 3 aromatic rings. The molecule has 0 bridgehead atoms. The smallest absolute Gasteiger partial charge is 0.345 e. The number of alkyl halides is 6. The summed E-state index contributed by atoms with van der Waals surface area (Å²) in [6.45, 7) is 6.62. The molecule has 1 heterocycles. The Kier molecular flexibility index (Phi) is 9.92. The van der Waals surface area contributed by atoms with Crippen molar-refractivity contribution < 1.29 is 40.7 Å². The number of amides is 2. The molecule has 0 saturated heterocycles. The van der Waals surface area contributed by atoms with Crippen LogP contribution in [0.5, 0.6) is 0 Å². The first kappa shape index (κ1) is 32.4. The summed E-state index contributed by atoms with van der Waals surface area (Å²) in [6, 6.07) is 8.88. The normalized spacial score (nSPS) is 12.5. The Morgan fingerprint density at radius 2 is 1.71 bits per heavy atom. The standard InChI is InChI=1S/C28H26F6N4O3S/c1-5-18(14-42-4)35-26(41)22-15(2)7-6-8-19(22)25(40)36-21-10-9-17(11-16(21)3)12-38-13-20(24(39)28(32,33)34)23(37-38)27(29,30)31/h5-11,13,18H,1,12,14H2,2-4H3,(H,35,41)(H,36,40). The van der Waals surface area contributed by atoms with Crippen LogP contribution in [0.4, 0.5) is 32.0 Å². The summed E-state index contributed by atoms with van der Waals surface area (Å²) in [6.07, 6.45) is -6.91. The molecule has 42 heavy (non-hydrogen) atoms. The largest absolute Gasteiger partial charge is 0.455 e. The lowest BCUT2D eigenvalue weighted by Crippen LogP contribution is -2.36. The fourth-order valence-corrected chi connectivity index (χ4v) is 4.70. The number of carbonyl (C=O) groups excluding carboxylic acids is 3. The fraction of sp³-hybridized carbons (Fsp3) is 0.286. The summed E-state index contributed by atoms with van der Waals surface area (Å²) in [5, 5.41) is 8.73. The number of Topliss-reactive ketones (excluding diaryl/α,β-unsaturated/α-hetero) is 1. The average molecular weight is 613 g/mol. The van der Waals surface area contributed by atoms with E-state index in [2.05, 4.69) is 22.3 Å². The monoisotopic (exact) mass is 612 g/mol. The molecule has 0 saturated carbocycles. The maximum atomic E-state index is 13.3. The van der Waals surface area contributed by atoms with Crippen LogP contribution < -0.4 is 10.6 Å². The van der Waals surface area contributed by atoms with E-state index in [0.29, 0.717) is 39.0 Å². The molecule has 0 radical (unpaired) electrons. The van der Waals surface area contributed by atoms with E-state index >= 15 is 0 Å². The highest BCUT2D eigenvalue weighted by Crippen LogP contribution is 2.34. The number of carbonyl (C=O) groups is 3. The Morgan fingerprint density at radius 3 is 2.29 bits per heavy atom. The van der Waals surface area contributed by atoms with Crippen molar-refractivity contribution in [2.24, 2.45) is 0 Å². The van der Waals surface area contributed by atoms with Gasteiger partial charge in [-0.3, -0.25) is 19.1 Å². The lowest BCUT2D eigenvalue weighted by molar-refractivity contribution is -0.142. The minimum atomic E-state index is -5.51. The fourth-order valence-electron chi connectivity index (χ4n) is 4.12. The summed E-state index contributed by atoms with van der Waals surface area (Å²) in [5.74, 6) is -3.10. The van der Waals surface area contributed by atoms with Crippen LogP contribution in [0.25, 0.3) is 0 Å². The quantitative estimate of drug-likeness (QED) is 0.161. The number of thioether (sulfide) groups is 1. The third kappa shape index (κ3) is 7.60. The van der Waals surface area contributed by atoms with E-state index in [1.807, 2.05) is 6.26 Å². The molecule has 2 N–H and O–H groups in total. The summed E-state index contributed by atoms with van der Waals surface area (Å²) in [7, 11) is 0. The van der Waals surface area contributed by atoms with Gasteiger partial charge in [-0.05, 0) is 48.9 Å². The van der Waals surface area contributed by atoms with Crippen LogP contribution in [0.1, 0.15) is 53.5 Å². The van der Waals surface area contributed by atoms with E-state index in [0.717, 1.165) is 0 Å². The van der Waals surface area contributed by atoms with Crippen molar-refractivity contribution in [2.45, 2.75) is 38.8 Å². The minimum absolute atomic E-state index is 0.112. The second-order valence-electron chi connectivity index (χ2n) is 9.29. The van der Waals surface area contributed by atoms with E-state index in [1.165, 1.54) is 36.0 Å². The van der Waals surface area contributed by atoms with Gasteiger partial charge >= 0.3 is 12.4 Å². The first-order valence-electron chi connectivity index (χ1n) is 12.3. The van der Waals surface area contributed by atoms with Crippen LogP contribution in [-0.4, -0.2) is 51.6 Å². The molecule has 3 rings (SSSR count). The molecule has 1 unspecified atom stereocenters. The SMILES string of the molecule is C=CC(CSC)NC(=O)c1c(C)cccc1C(=O)Nc1ccc(Cn2cc(C(=O)C(F)(F)F)c(C(F)(F)F)n2)cc1C. The van der Waals surface area contributed by atoms with Crippen LogP contribution in [0.15, 0.2) is 55.3 Å². The first-order chi connectivity index (χ1) is 19.6. The van der Waals surface area contributed by atoms with Gasteiger partial charge in [-0.25, -0.2) is 0 Å². The number of ketones is 1. The Labute approximate surface area is 241 Å². The summed E-state index contributed by atoms with van der Waals surface area (Å²) in [4.78, 5) is 37.8. The van der Waals surface area contributed by atoms with Gasteiger partial charge < -0.3 is 10.6 Å². The van der Waals surface area contributed by atoms with Gasteiger partial charge in [0.1, 0.15) is 0 Å². The molecule has 0 spiro atoms. The molecule has 7 nitrogen and oxygen atoms in total. The van der Waals surface area contributed by atoms with Gasteiger partial charge in [0.15, 0.2) is 5.69 Å². The number of benzene rings is 2. The van der Waals surface area contributed by atoms with Gasteiger partial charge in [0.2, 0.25) is 0 Å². The molecule has 0 aliphatic carbocycles. The molecule has 2 amide bonds. The van der Waals surface area contributed by atoms with Crippen molar-refractivity contribution >= 4 is 35.0 Å². The molecule has 0 aliphatic heterocycles. The number of nitrogens with zero attached hydrogens (tertiary/aromatic N) is 2. The Hall–Kier alpha value is -4.07. The van der Waals surface area contributed by atoms with E-state index in [-0.39, 0.29) is 23.7 Å². The Morgan fingerprint density at radius 1 is 1.02 bits per heavy atom. The minimum Gasteiger partial charge on any atom is -0.345 e. The van der Waals surface area contributed by atoms with Crippen molar-refractivity contribution in [3.05, 3.63) is 94.3 Å². The van der Waals surface area contributed by atoms with Crippen LogP contribution in [0, 0.1) is 13.8 Å². The molecule has 0 aliphatic rings. The number of aryl methyl sites for hydroxylation is 2. The number of halogens is 6. The number of hydrogen-bond donors (Lipinski definition) is 2. The van der Waals surface area contributed by atoms with Crippen LogP contribution in [0.3, 0.4) is 0 Å². The zero-order valence-electron chi connectivity index (χ0n) is 22.6. The Balaban J connectivity index is 1.84. The molecule has 1 atom stereocenters. The predicted octanol–water partition coefficient (Wildman–Crippen LogP) is 6.21. The molecule has 2 aromatic carbocycles. The third-order valence-corrected chi connectivity index (χ3v) is 6.80. The van der Waals surface area contributed by atoms with Crippen LogP contribution in [-0.2, 0) is 12.7 Å². The van der Waals surface area contributed by atoms with Gasteiger partial charge in [-0.2, -0.15) is 43.2 Å². The molecule has 1 aromatic heterocycles. The second-order valence-corrected chi connectivity index (χ2v) is 10.2. The van der Waals surface area contributed by atoms with Crippen LogP contribution >= 0.6 is 11.8 Å². The highest BCUT2D eigenvalue weighted by molar-refractivity contribution is 7.98. The van der Waals surface area contributed by atoms with Gasteiger partial charge in [0.05, 0.1) is 29.3 Å². The van der Waals surface area contributed by atoms with Crippen molar-refractivity contribution in [3.63, 3.8) is 0 Å². The lowest BCUT2D eigenvalue weighted by atomic mass is 9.99. The summed E-state index contributed by atoms with van der Waals surface area (Å²) < 4.78 is 79.0. The van der Waals surface area contributed by atoms with Gasteiger partial charge in [0, 0.05) is 17.6 Å². The second kappa shape index (κ2) is 12.8. The van der Waals surface area contributed by atoms with Gasteiger partial charge in [0.25, 0.3) is 17.6 Å². The molecular formula is C28H26F6N4O3S. The van der Waals surface area contributed by atoms with Crippen molar-refractivity contribution in [2.75, 3.05) is 17.3 Å². The summed E-state index contributed by atoms with van der Waals surface area (Å²) in [5.41, 5.74) is -1.53. The zero-order chi connectivity index (χ0) is 31.4. The Bertz CT molecular complexity index is 1510. The maximum absolute atomic E-state index is 13.3. The molecule has 14 heteroatoms. The van der Waals surface area contributed by atoms with Crippen LogP contribution in [0.2, 0.25) is 0 Å². The van der Waals surface area contributed by atoms with Crippen molar-refractivity contribution in [3.8, 4) is 0 Å². The number of hydrogen-bond acceptors (Lipinski definition) is 5. The van der Waals surface area contributed by atoms with E-state index in [1.54, 1.807) is 32.1 Å². The highest BCUT2D eigenvalue weighted by Gasteiger charge is 2.47. The lowest BCUT2D eigenvalue weighted by Gasteiger charge is -2.17. The van der Waals surface area contributed by atoms with Gasteiger partial charge in [-0.1, -0.05) is 30.3 Å². The van der Waals surface area contributed by atoms with E-state index in [9.17, 15) is 40.7 Å². The third-order valence-electron chi connectivity index (χ3n) is 6.11.